The molecule has 0 unspecified atom stereocenters. The third-order valence-corrected chi connectivity index (χ3v) is 3.78. The Bertz CT molecular complexity index is 730. The number of aromatic nitrogens is 3. The average Bonchev–Trinajstić information content (AvgIpc) is 2.99. The number of nitrogens with zero attached hydrogens (tertiary/aromatic N) is 2. The van der Waals surface area contributed by atoms with Crippen molar-refractivity contribution in [2.24, 2.45) is 0 Å². The molecule has 0 saturated heterocycles. The zero-order chi connectivity index (χ0) is 14.9. The van der Waals surface area contributed by atoms with Crippen molar-refractivity contribution in [1.82, 2.24) is 15.0 Å². The fourth-order valence-electron chi connectivity index (χ4n) is 2.51. The Morgan fingerprint density at radius 1 is 1.00 bits per heavy atom. The van der Waals surface area contributed by atoms with Gasteiger partial charge in [0.15, 0.2) is 0 Å². The first-order valence-corrected chi connectivity index (χ1v) is 6.79. The molecule has 3 rings (SSSR count). The molecule has 0 atom stereocenters. The molecule has 2 heterocycles. The molecule has 3 aromatic rings. The van der Waals surface area contributed by atoms with Gasteiger partial charge in [-0.3, -0.25) is 4.98 Å². The molecule has 0 bridgehead atoms. The summed E-state index contributed by atoms with van der Waals surface area (Å²) in [5, 5.41) is 0. The Hall–Kier alpha value is -2.49. The van der Waals surface area contributed by atoms with E-state index in [2.05, 4.69) is 28.8 Å². The molecule has 0 aliphatic heterocycles. The number of rotatable bonds is 3. The largest absolute Gasteiger partial charge is 0.347 e. The smallest absolute Gasteiger partial charge is 0.123 e. The molecule has 0 saturated carbocycles. The standard InChI is InChI=1S/C17H16FN3/c1-17(2,13-7-9-19-10-8-13)16-15(20-11-21-16)12-3-5-14(18)6-4-12/h3-11H,1-2H3,(H,20,21). The molecule has 2 aromatic heterocycles. The summed E-state index contributed by atoms with van der Waals surface area (Å²) >= 11 is 0. The third kappa shape index (κ3) is 2.44. The summed E-state index contributed by atoms with van der Waals surface area (Å²) in [6.07, 6.45) is 5.24. The van der Waals surface area contributed by atoms with Gasteiger partial charge in [0.05, 0.1) is 17.7 Å². The van der Waals surface area contributed by atoms with E-state index < -0.39 is 0 Å². The highest BCUT2D eigenvalue weighted by atomic mass is 19.1. The van der Waals surface area contributed by atoms with Gasteiger partial charge in [0.2, 0.25) is 0 Å². The van der Waals surface area contributed by atoms with E-state index >= 15 is 0 Å². The first-order valence-electron chi connectivity index (χ1n) is 6.79. The Morgan fingerprint density at radius 3 is 2.33 bits per heavy atom. The topological polar surface area (TPSA) is 41.6 Å². The summed E-state index contributed by atoms with van der Waals surface area (Å²) in [5.74, 6) is -0.246. The number of benzene rings is 1. The molecule has 4 heteroatoms. The summed E-state index contributed by atoms with van der Waals surface area (Å²) in [5.41, 5.74) is 3.64. The molecular weight excluding hydrogens is 265 g/mol. The van der Waals surface area contributed by atoms with Gasteiger partial charge in [-0.05, 0) is 42.0 Å². The van der Waals surface area contributed by atoms with Crippen molar-refractivity contribution < 1.29 is 4.39 Å². The van der Waals surface area contributed by atoms with Crippen LogP contribution in [0.3, 0.4) is 0 Å². The molecule has 0 aliphatic carbocycles. The molecule has 0 spiro atoms. The maximum atomic E-state index is 13.1. The summed E-state index contributed by atoms with van der Waals surface area (Å²) in [4.78, 5) is 11.7. The monoisotopic (exact) mass is 281 g/mol. The second-order valence-electron chi connectivity index (χ2n) is 5.49. The maximum Gasteiger partial charge on any atom is 0.123 e. The number of H-pyrrole nitrogens is 1. The van der Waals surface area contributed by atoms with Gasteiger partial charge in [0.25, 0.3) is 0 Å². The molecule has 21 heavy (non-hydrogen) atoms. The van der Waals surface area contributed by atoms with Gasteiger partial charge in [0.1, 0.15) is 5.82 Å². The van der Waals surface area contributed by atoms with Crippen LogP contribution in [-0.4, -0.2) is 15.0 Å². The van der Waals surface area contributed by atoms with Crippen LogP contribution >= 0.6 is 0 Å². The fraction of sp³-hybridized carbons (Fsp3) is 0.176. The van der Waals surface area contributed by atoms with Crippen LogP contribution in [-0.2, 0) is 5.41 Å². The van der Waals surface area contributed by atoms with Crippen LogP contribution in [0.25, 0.3) is 11.3 Å². The zero-order valence-electron chi connectivity index (χ0n) is 12.0. The lowest BCUT2D eigenvalue weighted by molar-refractivity contribution is 0.621. The van der Waals surface area contributed by atoms with Crippen molar-refractivity contribution in [2.75, 3.05) is 0 Å². The van der Waals surface area contributed by atoms with Crippen molar-refractivity contribution in [3.63, 3.8) is 0 Å². The molecule has 1 aromatic carbocycles. The SMILES string of the molecule is CC(C)(c1ccncc1)c1[nH]cnc1-c1ccc(F)cc1. The van der Waals surface area contributed by atoms with Crippen molar-refractivity contribution in [2.45, 2.75) is 19.3 Å². The Morgan fingerprint density at radius 2 is 1.67 bits per heavy atom. The van der Waals surface area contributed by atoms with Crippen LogP contribution in [0.2, 0.25) is 0 Å². The van der Waals surface area contributed by atoms with Gasteiger partial charge in [-0.1, -0.05) is 13.8 Å². The van der Waals surface area contributed by atoms with Crippen molar-refractivity contribution in [3.05, 3.63) is 72.2 Å². The number of nitrogens with one attached hydrogen (secondary N) is 1. The normalized spacial score (nSPS) is 11.6. The molecule has 0 amide bonds. The van der Waals surface area contributed by atoms with E-state index in [1.165, 1.54) is 12.1 Å². The summed E-state index contributed by atoms with van der Waals surface area (Å²) in [6, 6.07) is 10.4. The fourth-order valence-corrected chi connectivity index (χ4v) is 2.51. The number of imidazole rings is 1. The van der Waals surface area contributed by atoms with Crippen LogP contribution in [0.4, 0.5) is 4.39 Å². The van der Waals surface area contributed by atoms with Crippen LogP contribution in [0.15, 0.2) is 55.1 Å². The van der Waals surface area contributed by atoms with Gasteiger partial charge >= 0.3 is 0 Å². The second-order valence-corrected chi connectivity index (χ2v) is 5.49. The molecule has 106 valence electrons. The Balaban J connectivity index is 2.08. The predicted octanol–water partition coefficient (Wildman–Crippen LogP) is 3.94. The van der Waals surface area contributed by atoms with Crippen LogP contribution in [0.1, 0.15) is 25.1 Å². The Kier molecular flexibility index (Phi) is 3.29. The average molecular weight is 281 g/mol. The van der Waals surface area contributed by atoms with E-state index in [-0.39, 0.29) is 11.2 Å². The number of aromatic amines is 1. The summed E-state index contributed by atoms with van der Waals surface area (Å²) in [7, 11) is 0. The van der Waals surface area contributed by atoms with Gasteiger partial charge in [-0.25, -0.2) is 9.37 Å². The first kappa shape index (κ1) is 13.5. The highest BCUT2D eigenvalue weighted by Crippen LogP contribution is 2.35. The third-order valence-electron chi connectivity index (χ3n) is 3.78. The number of pyridine rings is 1. The van der Waals surface area contributed by atoms with E-state index in [1.807, 2.05) is 12.1 Å². The highest BCUT2D eigenvalue weighted by Gasteiger charge is 2.28. The summed E-state index contributed by atoms with van der Waals surface area (Å²) < 4.78 is 13.1. The van der Waals surface area contributed by atoms with Crippen molar-refractivity contribution in [1.29, 1.82) is 0 Å². The van der Waals surface area contributed by atoms with Gasteiger partial charge in [-0.15, -0.1) is 0 Å². The predicted molar refractivity (Wildman–Crippen MR) is 80.3 cm³/mol. The van der Waals surface area contributed by atoms with E-state index in [1.54, 1.807) is 30.9 Å². The summed E-state index contributed by atoms with van der Waals surface area (Å²) in [6.45, 7) is 4.26. The minimum absolute atomic E-state index is 0.246. The van der Waals surface area contributed by atoms with Gasteiger partial charge in [-0.2, -0.15) is 0 Å². The minimum Gasteiger partial charge on any atom is -0.347 e. The van der Waals surface area contributed by atoms with Crippen LogP contribution < -0.4 is 0 Å². The molecule has 1 N–H and O–H groups in total. The van der Waals surface area contributed by atoms with Crippen LogP contribution in [0.5, 0.6) is 0 Å². The second kappa shape index (κ2) is 5.13. The van der Waals surface area contributed by atoms with Crippen molar-refractivity contribution in [3.8, 4) is 11.3 Å². The molecule has 0 fully saturated rings. The van der Waals surface area contributed by atoms with E-state index in [0.29, 0.717) is 0 Å². The molecule has 3 nitrogen and oxygen atoms in total. The lowest BCUT2D eigenvalue weighted by atomic mass is 9.80. The van der Waals surface area contributed by atoms with Crippen molar-refractivity contribution >= 4 is 0 Å². The van der Waals surface area contributed by atoms with Gasteiger partial charge < -0.3 is 4.98 Å². The lowest BCUT2D eigenvalue weighted by Crippen LogP contribution is -2.20. The van der Waals surface area contributed by atoms with Gasteiger partial charge in [0, 0.05) is 23.4 Å². The van der Waals surface area contributed by atoms with E-state index in [9.17, 15) is 4.39 Å². The van der Waals surface area contributed by atoms with E-state index in [4.69, 9.17) is 0 Å². The Labute approximate surface area is 122 Å². The molecule has 0 radical (unpaired) electrons. The van der Waals surface area contributed by atoms with Crippen LogP contribution in [0, 0.1) is 5.82 Å². The molecular formula is C17H16FN3. The molecule has 0 aliphatic rings. The van der Waals surface area contributed by atoms with E-state index in [0.717, 1.165) is 22.5 Å². The number of hydrogen-bond acceptors (Lipinski definition) is 2. The zero-order valence-corrected chi connectivity index (χ0v) is 12.0. The first-order chi connectivity index (χ1) is 10.1. The quantitative estimate of drug-likeness (QED) is 0.790. The number of hydrogen-bond donors (Lipinski definition) is 1. The maximum absolute atomic E-state index is 13.1. The number of halogens is 1. The highest BCUT2D eigenvalue weighted by molar-refractivity contribution is 5.64. The minimum atomic E-state index is -0.247. The lowest BCUT2D eigenvalue weighted by Gasteiger charge is -2.25.